The largest absolute Gasteiger partial charge is 0.356 e. The van der Waals surface area contributed by atoms with Gasteiger partial charge in [0.15, 0.2) is 5.96 Å². The Kier molecular flexibility index (Phi) is 7.61. The van der Waals surface area contributed by atoms with Crippen LogP contribution < -0.4 is 16.0 Å². The number of aliphatic imine (C=N–C) groups is 1. The van der Waals surface area contributed by atoms with E-state index in [2.05, 4.69) is 20.9 Å². The SMILES string of the molecule is CN=C(NCCc1ccc(NC(C)=O)cc1)NCCc1ccccc1F. The fraction of sp³-hybridized carbons (Fsp3) is 0.300. The lowest BCUT2D eigenvalue weighted by atomic mass is 10.1. The van der Waals surface area contributed by atoms with Crippen LogP contribution in [0, 0.1) is 5.82 Å². The van der Waals surface area contributed by atoms with Gasteiger partial charge >= 0.3 is 0 Å². The number of carbonyl (C=O) groups is 1. The number of carbonyl (C=O) groups excluding carboxylic acids is 1. The smallest absolute Gasteiger partial charge is 0.221 e. The van der Waals surface area contributed by atoms with Gasteiger partial charge in [0.2, 0.25) is 5.91 Å². The number of nitrogens with one attached hydrogen (secondary N) is 3. The molecule has 0 unspecified atom stereocenters. The number of anilines is 1. The van der Waals surface area contributed by atoms with E-state index in [1.807, 2.05) is 30.3 Å². The van der Waals surface area contributed by atoms with E-state index in [9.17, 15) is 9.18 Å². The van der Waals surface area contributed by atoms with E-state index in [4.69, 9.17) is 0 Å². The predicted octanol–water partition coefficient (Wildman–Crippen LogP) is 2.73. The highest BCUT2D eigenvalue weighted by Gasteiger charge is 2.02. The van der Waals surface area contributed by atoms with Crippen molar-refractivity contribution in [1.82, 2.24) is 10.6 Å². The Morgan fingerprint density at radius 2 is 1.65 bits per heavy atom. The summed E-state index contributed by atoms with van der Waals surface area (Å²) in [6, 6.07) is 14.5. The molecule has 0 aliphatic heterocycles. The lowest BCUT2D eigenvalue weighted by molar-refractivity contribution is -0.114. The predicted molar refractivity (Wildman–Crippen MR) is 104 cm³/mol. The third-order valence-electron chi connectivity index (χ3n) is 3.85. The lowest BCUT2D eigenvalue weighted by Crippen LogP contribution is -2.39. The molecule has 0 saturated carbocycles. The first-order valence-corrected chi connectivity index (χ1v) is 8.63. The van der Waals surface area contributed by atoms with Crippen molar-refractivity contribution < 1.29 is 9.18 Å². The molecule has 0 aliphatic carbocycles. The molecule has 0 radical (unpaired) electrons. The van der Waals surface area contributed by atoms with E-state index >= 15 is 0 Å². The standard InChI is InChI=1S/C20H25FN4O/c1-15(26)25-18-9-7-16(8-10-18)11-13-23-20(22-2)24-14-12-17-5-3-4-6-19(17)21/h3-10H,11-14H2,1-2H3,(H,25,26)(H2,22,23,24). The van der Waals surface area contributed by atoms with Gasteiger partial charge in [0.25, 0.3) is 0 Å². The zero-order valence-corrected chi connectivity index (χ0v) is 15.2. The van der Waals surface area contributed by atoms with Gasteiger partial charge in [-0.2, -0.15) is 0 Å². The summed E-state index contributed by atoms with van der Waals surface area (Å²) < 4.78 is 13.6. The number of halogens is 1. The van der Waals surface area contributed by atoms with Crippen molar-refractivity contribution in [2.24, 2.45) is 4.99 Å². The topological polar surface area (TPSA) is 65.5 Å². The minimum Gasteiger partial charge on any atom is -0.356 e. The van der Waals surface area contributed by atoms with Crippen molar-refractivity contribution in [3.05, 3.63) is 65.5 Å². The van der Waals surface area contributed by atoms with Crippen LogP contribution >= 0.6 is 0 Å². The Labute approximate surface area is 153 Å². The summed E-state index contributed by atoms with van der Waals surface area (Å²) in [5.41, 5.74) is 2.64. The highest BCUT2D eigenvalue weighted by molar-refractivity contribution is 5.88. The van der Waals surface area contributed by atoms with Crippen LogP contribution in [0.2, 0.25) is 0 Å². The van der Waals surface area contributed by atoms with Gasteiger partial charge < -0.3 is 16.0 Å². The van der Waals surface area contributed by atoms with E-state index in [1.54, 1.807) is 19.2 Å². The average Bonchev–Trinajstić information content (AvgIpc) is 2.63. The fourth-order valence-electron chi connectivity index (χ4n) is 2.52. The zero-order chi connectivity index (χ0) is 18.8. The van der Waals surface area contributed by atoms with Gasteiger partial charge in [-0.15, -0.1) is 0 Å². The van der Waals surface area contributed by atoms with Gasteiger partial charge in [-0.1, -0.05) is 30.3 Å². The van der Waals surface area contributed by atoms with E-state index < -0.39 is 0 Å². The van der Waals surface area contributed by atoms with Crippen LogP contribution in [0.5, 0.6) is 0 Å². The van der Waals surface area contributed by atoms with Gasteiger partial charge in [0.1, 0.15) is 5.82 Å². The van der Waals surface area contributed by atoms with E-state index in [1.165, 1.54) is 13.0 Å². The Balaban J connectivity index is 1.71. The molecule has 1 amide bonds. The van der Waals surface area contributed by atoms with Crippen molar-refractivity contribution in [2.45, 2.75) is 19.8 Å². The Hall–Kier alpha value is -2.89. The minimum atomic E-state index is -0.181. The van der Waals surface area contributed by atoms with Gasteiger partial charge in [0, 0.05) is 32.7 Å². The van der Waals surface area contributed by atoms with E-state index in [-0.39, 0.29) is 11.7 Å². The van der Waals surface area contributed by atoms with Gasteiger partial charge in [-0.25, -0.2) is 4.39 Å². The molecule has 2 rings (SSSR count). The fourth-order valence-corrected chi connectivity index (χ4v) is 2.52. The molecular weight excluding hydrogens is 331 g/mol. The normalized spacial score (nSPS) is 11.1. The summed E-state index contributed by atoms with van der Waals surface area (Å²) in [5, 5.41) is 9.17. The molecule has 0 saturated heterocycles. The van der Waals surface area contributed by atoms with E-state index in [0.29, 0.717) is 24.5 Å². The van der Waals surface area contributed by atoms with Crippen molar-refractivity contribution in [1.29, 1.82) is 0 Å². The maximum absolute atomic E-state index is 13.6. The Morgan fingerprint density at radius 1 is 1.00 bits per heavy atom. The number of benzene rings is 2. The van der Waals surface area contributed by atoms with Crippen molar-refractivity contribution in [3.8, 4) is 0 Å². The third-order valence-corrected chi connectivity index (χ3v) is 3.85. The molecule has 0 aromatic heterocycles. The van der Waals surface area contributed by atoms with Crippen molar-refractivity contribution >= 4 is 17.6 Å². The Bertz CT molecular complexity index is 744. The molecule has 0 aliphatic rings. The number of nitrogens with zero attached hydrogens (tertiary/aromatic N) is 1. The van der Waals surface area contributed by atoms with Crippen LogP contribution in [-0.4, -0.2) is 32.0 Å². The summed E-state index contributed by atoms with van der Waals surface area (Å²) in [7, 11) is 1.71. The number of guanidine groups is 1. The molecule has 0 spiro atoms. The number of rotatable bonds is 7. The molecule has 0 fully saturated rings. The van der Waals surface area contributed by atoms with Crippen LogP contribution in [0.15, 0.2) is 53.5 Å². The lowest BCUT2D eigenvalue weighted by Gasteiger charge is -2.12. The monoisotopic (exact) mass is 356 g/mol. The third kappa shape index (κ3) is 6.55. The summed E-state index contributed by atoms with van der Waals surface area (Å²) in [5.74, 6) is 0.431. The van der Waals surface area contributed by atoms with Crippen LogP contribution in [0.3, 0.4) is 0 Å². The zero-order valence-electron chi connectivity index (χ0n) is 15.2. The van der Waals surface area contributed by atoms with Crippen LogP contribution in [0.4, 0.5) is 10.1 Å². The van der Waals surface area contributed by atoms with E-state index in [0.717, 1.165) is 24.2 Å². The second kappa shape index (κ2) is 10.2. The molecule has 138 valence electrons. The van der Waals surface area contributed by atoms with Gasteiger partial charge in [-0.05, 0) is 42.2 Å². The molecule has 26 heavy (non-hydrogen) atoms. The van der Waals surface area contributed by atoms with Crippen LogP contribution in [0.25, 0.3) is 0 Å². The highest BCUT2D eigenvalue weighted by atomic mass is 19.1. The maximum Gasteiger partial charge on any atom is 0.221 e. The van der Waals surface area contributed by atoms with Crippen LogP contribution in [-0.2, 0) is 17.6 Å². The molecular formula is C20H25FN4O. The molecule has 2 aromatic carbocycles. The van der Waals surface area contributed by atoms with Crippen molar-refractivity contribution in [2.75, 3.05) is 25.5 Å². The highest BCUT2D eigenvalue weighted by Crippen LogP contribution is 2.09. The first-order chi connectivity index (χ1) is 12.6. The summed E-state index contributed by atoms with van der Waals surface area (Å²) in [4.78, 5) is 15.2. The first-order valence-electron chi connectivity index (χ1n) is 8.63. The molecule has 3 N–H and O–H groups in total. The first kappa shape index (κ1) is 19.4. The van der Waals surface area contributed by atoms with Gasteiger partial charge in [0.05, 0.1) is 0 Å². The van der Waals surface area contributed by atoms with Crippen LogP contribution in [0.1, 0.15) is 18.1 Å². The quantitative estimate of drug-likeness (QED) is 0.528. The second-order valence-corrected chi connectivity index (χ2v) is 5.90. The molecule has 0 atom stereocenters. The van der Waals surface area contributed by atoms with Gasteiger partial charge in [-0.3, -0.25) is 9.79 Å². The Morgan fingerprint density at radius 3 is 2.27 bits per heavy atom. The summed E-state index contributed by atoms with van der Waals surface area (Å²) >= 11 is 0. The molecule has 2 aromatic rings. The maximum atomic E-state index is 13.6. The summed E-state index contributed by atoms with van der Waals surface area (Å²) in [6.45, 7) is 2.81. The molecule has 6 heteroatoms. The summed E-state index contributed by atoms with van der Waals surface area (Å²) in [6.07, 6.45) is 1.42. The molecule has 5 nitrogen and oxygen atoms in total. The number of amides is 1. The average molecular weight is 356 g/mol. The number of hydrogen-bond donors (Lipinski definition) is 3. The second-order valence-electron chi connectivity index (χ2n) is 5.90. The molecule has 0 bridgehead atoms. The molecule has 0 heterocycles. The van der Waals surface area contributed by atoms with Crippen molar-refractivity contribution in [3.63, 3.8) is 0 Å². The minimum absolute atomic E-state index is 0.0790. The number of hydrogen-bond acceptors (Lipinski definition) is 2.